The number of ether oxygens (including phenoxy) is 2. The van der Waals surface area contributed by atoms with Gasteiger partial charge < -0.3 is 14.8 Å². The number of aryl methyl sites for hydroxylation is 1. The van der Waals surface area contributed by atoms with Crippen LogP contribution >= 0.6 is 0 Å². The quantitative estimate of drug-likeness (QED) is 0.644. The topological polar surface area (TPSA) is 82.5 Å². The number of hydrogen-bond donors (Lipinski definition) is 1. The van der Waals surface area contributed by atoms with Crippen LogP contribution in [0.5, 0.6) is 11.6 Å². The lowest BCUT2D eigenvalue weighted by molar-refractivity contribution is -0.123. The molecule has 2 aromatic carbocycles. The second-order valence-corrected chi connectivity index (χ2v) is 6.61. The summed E-state index contributed by atoms with van der Waals surface area (Å²) < 4.78 is 25.3. The Morgan fingerprint density at radius 3 is 2.57 bits per heavy atom. The Morgan fingerprint density at radius 1 is 1.17 bits per heavy atom. The number of nitrogens with one attached hydrogen (secondary N) is 1. The lowest BCUT2D eigenvalue weighted by Crippen LogP contribution is -2.33. The highest BCUT2D eigenvalue weighted by Crippen LogP contribution is 2.25. The maximum absolute atomic E-state index is 13.2. The third kappa shape index (κ3) is 4.83. The minimum absolute atomic E-state index is 0.0946. The van der Waals surface area contributed by atoms with Gasteiger partial charge in [0.1, 0.15) is 11.6 Å². The average Bonchev–Trinajstić information content (AvgIpc) is 2.74. The molecular weight excluding hydrogens is 389 g/mol. The van der Waals surface area contributed by atoms with Crippen molar-refractivity contribution in [2.45, 2.75) is 26.4 Å². The van der Waals surface area contributed by atoms with E-state index in [2.05, 4.69) is 10.4 Å². The molecule has 0 aliphatic carbocycles. The monoisotopic (exact) mass is 411 g/mol. The van der Waals surface area contributed by atoms with Crippen molar-refractivity contribution in [3.05, 3.63) is 76.3 Å². The summed E-state index contributed by atoms with van der Waals surface area (Å²) in [5.74, 6) is -0.167. The summed E-state index contributed by atoms with van der Waals surface area (Å²) in [5, 5.41) is 6.96. The lowest BCUT2D eigenvalue weighted by Gasteiger charge is -2.18. The molecule has 1 N–H and O–H groups in total. The number of nitrogens with zero attached hydrogens (tertiary/aromatic N) is 2. The van der Waals surface area contributed by atoms with Gasteiger partial charge in [0.05, 0.1) is 18.5 Å². The zero-order chi connectivity index (χ0) is 21.7. The number of anilines is 1. The maximum Gasteiger partial charge on any atom is 0.271 e. The van der Waals surface area contributed by atoms with E-state index < -0.39 is 17.5 Å². The molecule has 0 saturated carbocycles. The summed E-state index contributed by atoms with van der Waals surface area (Å²) >= 11 is 0. The van der Waals surface area contributed by atoms with Gasteiger partial charge in [-0.15, -0.1) is 5.10 Å². The van der Waals surface area contributed by atoms with Crippen LogP contribution in [0.2, 0.25) is 0 Å². The highest BCUT2D eigenvalue weighted by atomic mass is 19.1. The molecule has 0 spiro atoms. The zero-order valence-electron chi connectivity index (χ0n) is 16.9. The van der Waals surface area contributed by atoms with Crippen LogP contribution in [0.1, 0.15) is 18.9 Å². The summed E-state index contributed by atoms with van der Waals surface area (Å²) in [6, 6.07) is 13.5. The Balaban J connectivity index is 1.81. The van der Waals surface area contributed by atoms with E-state index in [4.69, 9.17) is 9.47 Å². The fourth-order valence-electron chi connectivity index (χ4n) is 2.83. The molecule has 0 aliphatic heterocycles. The lowest BCUT2D eigenvalue weighted by atomic mass is 10.2. The second-order valence-electron chi connectivity index (χ2n) is 6.61. The first-order valence-corrected chi connectivity index (χ1v) is 9.39. The number of benzene rings is 2. The van der Waals surface area contributed by atoms with Crippen molar-refractivity contribution < 1.29 is 18.7 Å². The van der Waals surface area contributed by atoms with Crippen molar-refractivity contribution in [1.29, 1.82) is 0 Å². The molecule has 0 unspecified atom stereocenters. The molecule has 30 heavy (non-hydrogen) atoms. The van der Waals surface area contributed by atoms with E-state index in [1.807, 2.05) is 13.0 Å². The van der Waals surface area contributed by atoms with Gasteiger partial charge in [0, 0.05) is 12.1 Å². The first-order valence-electron chi connectivity index (χ1n) is 9.39. The molecule has 0 bridgehead atoms. The van der Waals surface area contributed by atoms with Crippen molar-refractivity contribution in [2.24, 2.45) is 0 Å². The summed E-state index contributed by atoms with van der Waals surface area (Å²) in [4.78, 5) is 24.9. The third-order valence-electron chi connectivity index (χ3n) is 4.39. The van der Waals surface area contributed by atoms with E-state index >= 15 is 0 Å². The Morgan fingerprint density at radius 2 is 1.90 bits per heavy atom. The molecule has 0 aliphatic rings. The first kappa shape index (κ1) is 21.0. The molecule has 3 rings (SSSR count). The van der Waals surface area contributed by atoms with Crippen molar-refractivity contribution >= 4 is 11.6 Å². The highest BCUT2D eigenvalue weighted by molar-refractivity contribution is 5.95. The Labute approximate surface area is 173 Å². The molecule has 7 nitrogen and oxygen atoms in total. The largest absolute Gasteiger partial charge is 0.495 e. The smallest absolute Gasteiger partial charge is 0.271 e. The molecule has 1 aromatic heterocycles. The van der Waals surface area contributed by atoms with E-state index in [0.29, 0.717) is 23.5 Å². The van der Waals surface area contributed by atoms with E-state index in [9.17, 15) is 14.0 Å². The van der Waals surface area contributed by atoms with Gasteiger partial charge in [-0.25, -0.2) is 4.39 Å². The molecule has 1 atom stereocenters. The minimum atomic E-state index is -0.845. The van der Waals surface area contributed by atoms with Gasteiger partial charge in [-0.05, 0) is 55.3 Å². The predicted octanol–water partition coefficient (Wildman–Crippen LogP) is 3.48. The molecule has 8 heteroatoms. The zero-order valence-corrected chi connectivity index (χ0v) is 16.9. The van der Waals surface area contributed by atoms with Crippen molar-refractivity contribution in [2.75, 3.05) is 12.4 Å². The summed E-state index contributed by atoms with van der Waals surface area (Å²) in [6.45, 7) is 3.71. The van der Waals surface area contributed by atoms with Crippen LogP contribution in [0.25, 0.3) is 5.69 Å². The summed E-state index contributed by atoms with van der Waals surface area (Å²) in [6.07, 6.45) is -0.473. The number of rotatable bonds is 7. The van der Waals surface area contributed by atoms with Gasteiger partial charge >= 0.3 is 0 Å². The minimum Gasteiger partial charge on any atom is -0.495 e. The summed E-state index contributed by atoms with van der Waals surface area (Å²) in [5.41, 5.74) is 1.48. The van der Waals surface area contributed by atoms with Crippen molar-refractivity contribution in [3.63, 3.8) is 0 Å². The highest BCUT2D eigenvalue weighted by Gasteiger charge is 2.21. The maximum atomic E-state index is 13.2. The van der Waals surface area contributed by atoms with Crippen molar-refractivity contribution in [3.8, 4) is 17.3 Å². The Kier molecular flexibility index (Phi) is 6.46. The van der Waals surface area contributed by atoms with Gasteiger partial charge in [0.25, 0.3) is 11.5 Å². The number of methoxy groups -OCH3 is 1. The van der Waals surface area contributed by atoms with Gasteiger partial charge in [0.15, 0.2) is 6.10 Å². The summed E-state index contributed by atoms with van der Waals surface area (Å²) in [7, 11) is 1.52. The number of carbonyl (C=O) groups excluding carboxylic acids is 1. The van der Waals surface area contributed by atoms with Crippen LogP contribution in [0.15, 0.2) is 59.4 Å². The van der Waals surface area contributed by atoms with Crippen LogP contribution in [-0.2, 0) is 4.79 Å². The number of amides is 1. The molecule has 3 aromatic rings. The van der Waals surface area contributed by atoms with E-state index in [1.165, 1.54) is 43.5 Å². The fourth-order valence-corrected chi connectivity index (χ4v) is 2.83. The Hall–Kier alpha value is -3.68. The van der Waals surface area contributed by atoms with Crippen molar-refractivity contribution in [1.82, 2.24) is 9.78 Å². The normalized spacial score (nSPS) is 11.6. The van der Waals surface area contributed by atoms with Gasteiger partial charge in [-0.1, -0.05) is 13.0 Å². The van der Waals surface area contributed by atoms with Gasteiger partial charge in [0.2, 0.25) is 5.88 Å². The molecule has 1 heterocycles. The van der Waals surface area contributed by atoms with Crippen LogP contribution in [0.3, 0.4) is 0 Å². The number of halogens is 1. The molecule has 0 saturated heterocycles. The molecule has 156 valence electrons. The van der Waals surface area contributed by atoms with Gasteiger partial charge in [-0.3, -0.25) is 9.59 Å². The number of aromatic nitrogens is 2. The van der Waals surface area contributed by atoms with E-state index in [0.717, 1.165) is 10.2 Å². The third-order valence-corrected chi connectivity index (χ3v) is 4.39. The molecule has 0 fully saturated rings. The van der Waals surface area contributed by atoms with Crippen LogP contribution < -0.4 is 20.3 Å². The molecular formula is C22H22FN3O4. The Bertz CT molecular complexity index is 1100. The standard InChI is InChI=1S/C22H22FN3O4/c1-4-18(22(28)24-17-13-14(2)5-10-19(17)29-3)30-20-11-12-21(27)26(25-20)16-8-6-15(23)7-9-16/h5-13,18H,4H2,1-3H3,(H,24,28)/t18-/m1/s1. The van der Waals surface area contributed by atoms with Gasteiger partial charge in [-0.2, -0.15) is 4.68 Å². The average molecular weight is 411 g/mol. The molecule has 1 amide bonds. The van der Waals surface area contributed by atoms with Crippen LogP contribution in [-0.4, -0.2) is 28.9 Å². The second kappa shape index (κ2) is 9.21. The predicted molar refractivity (Wildman–Crippen MR) is 111 cm³/mol. The van der Waals surface area contributed by atoms with Crippen LogP contribution in [0, 0.1) is 12.7 Å². The fraction of sp³-hybridized carbons (Fsp3) is 0.227. The molecule has 0 radical (unpaired) electrons. The number of carbonyl (C=O) groups is 1. The SMILES string of the molecule is CC[C@@H](Oc1ccc(=O)n(-c2ccc(F)cc2)n1)C(=O)Nc1cc(C)ccc1OC. The number of hydrogen-bond acceptors (Lipinski definition) is 5. The van der Waals surface area contributed by atoms with E-state index in [1.54, 1.807) is 19.1 Å². The van der Waals surface area contributed by atoms with E-state index in [-0.39, 0.29) is 11.8 Å². The van der Waals surface area contributed by atoms with Crippen LogP contribution in [0.4, 0.5) is 10.1 Å². The first-order chi connectivity index (χ1) is 14.4.